The van der Waals surface area contributed by atoms with Crippen molar-refractivity contribution in [3.63, 3.8) is 0 Å². The van der Waals surface area contributed by atoms with Gasteiger partial charge in [-0.15, -0.1) is 0 Å². The minimum atomic E-state index is -0.787. The third-order valence-corrected chi connectivity index (χ3v) is 4.88. The lowest BCUT2D eigenvalue weighted by Crippen LogP contribution is -2.55. The summed E-state index contributed by atoms with van der Waals surface area (Å²) in [6.07, 6.45) is 2.07. The van der Waals surface area contributed by atoms with Gasteiger partial charge in [0.05, 0.1) is 0 Å². The lowest BCUT2D eigenvalue weighted by Gasteiger charge is -2.38. The van der Waals surface area contributed by atoms with Gasteiger partial charge in [0.15, 0.2) is 5.78 Å². The molecule has 2 rings (SSSR count). The van der Waals surface area contributed by atoms with E-state index in [2.05, 4.69) is 15.9 Å². The van der Waals surface area contributed by atoms with Crippen LogP contribution in [0.15, 0.2) is 28.7 Å². The first-order chi connectivity index (χ1) is 11.2. The molecule has 1 heterocycles. The van der Waals surface area contributed by atoms with Gasteiger partial charge >= 0.3 is 6.09 Å². The molecule has 4 nitrogen and oxygen atoms in total. The number of nitrogens with zero attached hydrogens (tertiary/aromatic N) is 1. The Morgan fingerprint density at radius 2 is 1.88 bits per heavy atom. The Labute approximate surface area is 152 Å². The molecule has 1 amide bonds. The number of ketones is 1. The van der Waals surface area contributed by atoms with Gasteiger partial charge in [-0.2, -0.15) is 0 Å². The molecule has 132 valence electrons. The van der Waals surface area contributed by atoms with Crippen LogP contribution in [0.2, 0.25) is 0 Å². The third kappa shape index (κ3) is 4.18. The van der Waals surface area contributed by atoms with E-state index >= 15 is 0 Å². The molecule has 5 heteroatoms. The Hall–Kier alpha value is -1.36. The van der Waals surface area contributed by atoms with Crippen molar-refractivity contribution in [2.75, 3.05) is 6.54 Å². The quantitative estimate of drug-likeness (QED) is 0.739. The van der Waals surface area contributed by atoms with Crippen LogP contribution in [0.1, 0.15) is 52.5 Å². The highest BCUT2D eigenvalue weighted by molar-refractivity contribution is 9.10. The molecular weight excluding hydrogens is 370 g/mol. The summed E-state index contributed by atoms with van der Waals surface area (Å²) in [6.45, 7) is 7.96. The van der Waals surface area contributed by atoms with E-state index in [1.54, 1.807) is 4.90 Å². The summed E-state index contributed by atoms with van der Waals surface area (Å²) < 4.78 is 6.55. The predicted octanol–water partition coefficient (Wildman–Crippen LogP) is 4.74. The number of Topliss-reactive ketones (excluding diaryl/α,β-unsaturated/α-hetero) is 1. The molecule has 1 fully saturated rings. The third-order valence-electron chi connectivity index (χ3n) is 4.35. The molecule has 1 aromatic rings. The van der Waals surface area contributed by atoms with Crippen LogP contribution in [-0.2, 0) is 16.0 Å². The minimum absolute atomic E-state index is 0.105. The van der Waals surface area contributed by atoms with E-state index in [0.29, 0.717) is 25.8 Å². The maximum Gasteiger partial charge on any atom is 0.411 e. The van der Waals surface area contributed by atoms with Gasteiger partial charge in [0.1, 0.15) is 11.1 Å². The van der Waals surface area contributed by atoms with Crippen LogP contribution >= 0.6 is 15.9 Å². The monoisotopic (exact) mass is 395 g/mol. The van der Waals surface area contributed by atoms with E-state index in [-0.39, 0.29) is 11.9 Å². The lowest BCUT2D eigenvalue weighted by atomic mass is 9.83. The van der Waals surface area contributed by atoms with Crippen molar-refractivity contribution in [1.29, 1.82) is 0 Å². The zero-order chi connectivity index (χ0) is 18.0. The van der Waals surface area contributed by atoms with Crippen molar-refractivity contribution in [3.8, 4) is 0 Å². The number of carbonyl (C=O) groups excluding carboxylic acids is 2. The largest absolute Gasteiger partial charge is 0.444 e. The first-order valence-corrected chi connectivity index (χ1v) is 9.25. The Morgan fingerprint density at radius 1 is 1.25 bits per heavy atom. The van der Waals surface area contributed by atoms with Crippen molar-refractivity contribution < 1.29 is 14.3 Å². The predicted molar refractivity (Wildman–Crippen MR) is 98.0 cm³/mol. The van der Waals surface area contributed by atoms with Gasteiger partial charge in [-0.3, -0.25) is 9.69 Å². The van der Waals surface area contributed by atoms with Gasteiger partial charge in [0, 0.05) is 23.9 Å². The summed E-state index contributed by atoms with van der Waals surface area (Å²) in [4.78, 5) is 27.2. The normalized spacial score (nSPS) is 21.0. The van der Waals surface area contributed by atoms with E-state index in [4.69, 9.17) is 4.74 Å². The molecule has 0 radical (unpaired) electrons. The van der Waals surface area contributed by atoms with E-state index in [9.17, 15) is 9.59 Å². The van der Waals surface area contributed by atoms with E-state index in [0.717, 1.165) is 16.5 Å². The second-order valence-electron chi connectivity index (χ2n) is 7.35. The smallest absolute Gasteiger partial charge is 0.411 e. The Bertz CT molecular complexity index is 606. The number of benzene rings is 1. The zero-order valence-electron chi connectivity index (χ0n) is 14.9. The van der Waals surface area contributed by atoms with Crippen LogP contribution in [-0.4, -0.2) is 34.5 Å². The molecule has 0 spiro atoms. The number of likely N-dealkylation sites (tertiary alicyclic amines) is 1. The summed E-state index contributed by atoms with van der Waals surface area (Å²) in [5, 5.41) is 0. The molecule has 0 bridgehead atoms. The summed E-state index contributed by atoms with van der Waals surface area (Å²) >= 11 is 3.43. The number of hydrogen-bond acceptors (Lipinski definition) is 3. The Balaban J connectivity index is 2.33. The van der Waals surface area contributed by atoms with Gasteiger partial charge in [-0.05, 0) is 51.3 Å². The second-order valence-corrected chi connectivity index (χ2v) is 8.26. The maximum atomic E-state index is 12.8. The average molecular weight is 396 g/mol. The Kier molecular flexibility index (Phi) is 5.74. The lowest BCUT2D eigenvalue weighted by molar-refractivity contribution is -0.129. The van der Waals surface area contributed by atoms with Crippen LogP contribution in [0.4, 0.5) is 4.79 Å². The van der Waals surface area contributed by atoms with Crippen molar-refractivity contribution in [2.24, 2.45) is 0 Å². The molecule has 1 saturated heterocycles. The Morgan fingerprint density at radius 3 is 2.42 bits per heavy atom. The van der Waals surface area contributed by atoms with Crippen LogP contribution in [0.3, 0.4) is 0 Å². The number of rotatable bonds is 4. The van der Waals surface area contributed by atoms with Crippen LogP contribution in [0.25, 0.3) is 0 Å². The van der Waals surface area contributed by atoms with Gasteiger partial charge in [-0.25, -0.2) is 4.79 Å². The summed E-state index contributed by atoms with van der Waals surface area (Å²) in [6, 6.07) is 7.93. The van der Waals surface area contributed by atoms with Crippen molar-refractivity contribution in [3.05, 3.63) is 34.3 Å². The zero-order valence-corrected chi connectivity index (χ0v) is 16.5. The highest BCUT2D eigenvalue weighted by Crippen LogP contribution is 2.36. The van der Waals surface area contributed by atoms with Gasteiger partial charge in [0.25, 0.3) is 0 Å². The van der Waals surface area contributed by atoms with E-state index in [1.165, 1.54) is 0 Å². The average Bonchev–Trinajstić information content (AvgIpc) is 2.92. The standard InChI is InChI=1S/C19H26BrNO3/c1-5-16(22)19(13-14-7-9-15(20)10-8-14)11-6-12-21(19)17(23)24-18(2,3)4/h7-10H,5-6,11-13H2,1-4H3. The number of amides is 1. The molecular formula is C19H26BrNO3. The van der Waals surface area contributed by atoms with Crippen LogP contribution in [0, 0.1) is 0 Å². The first-order valence-electron chi connectivity index (χ1n) is 8.46. The highest BCUT2D eigenvalue weighted by atomic mass is 79.9. The summed E-state index contributed by atoms with van der Waals surface area (Å²) in [5.41, 5.74) is -0.307. The summed E-state index contributed by atoms with van der Waals surface area (Å²) in [7, 11) is 0. The number of hydrogen-bond donors (Lipinski definition) is 0. The van der Waals surface area contributed by atoms with Crippen molar-refractivity contribution in [1.82, 2.24) is 4.90 Å². The molecule has 0 N–H and O–H groups in total. The molecule has 24 heavy (non-hydrogen) atoms. The maximum absolute atomic E-state index is 12.8. The second kappa shape index (κ2) is 7.26. The van der Waals surface area contributed by atoms with Gasteiger partial charge in [-0.1, -0.05) is 35.0 Å². The molecule has 0 aromatic heterocycles. The fourth-order valence-electron chi connectivity index (χ4n) is 3.30. The van der Waals surface area contributed by atoms with Crippen LogP contribution < -0.4 is 0 Å². The first kappa shape index (κ1) is 19.0. The van der Waals surface area contributed by atoms with Crippen molar-refractivity contribution in [2.45, 2.75) is 64.5 Å². The van der Waals surface area contributed by atoms with Crippen molar-refractivity contribution >= 4 is 27.8 Å². The molecule has 0 aliphatic carbocycles. The minimum Gasteiger partial charge on any atom is -0.444 e. The topological polar surface area (TPSA) is 46.6 Å². The van der Waals surface area contributed by atoms with Crippen LogP contribution in [0.5, 0.6) is 0 Å². The molecule has 1 aromatic carbocycles. The number of ether oxygens (including phenoxy) is 1. The highest BCUT2D eigenvalue weighted by Gasteiger charge is 2.49. The fraction of sp³-hybridized carbons (Fsp3) is 0.579. The summed E-state index contributed by atoms with van der Waals surface area (Å²) in [5.74, 6) is 0.105. The van der Waals surface area contributed by atoms with E-state index in [1.807, 2.05) is 52.0 Å². The number of carbonyl (C=O) groups is 2. The molecule has 1 aliphatic rings. The SMILES string of the molecule is CCC(=O)C1(Cc2ccc(Br)cc2)CCCN1C(=O)OC(C)(C)C. The number of halogens is 1. The molecule has 1 atom stereocenters. The fourth-order valence-corrected chi connectivity index (χ4v) is 3.57. The van der Waals surface area contributed by atoms with E-state index < -0.39 is 11.1 Å². The van der Waals surface area contributed by atoms with Gasteiger partial charge < -0.3 is 4.74 Å². The molecule has 0 saturated carbocycles. The molecule has 1 aliphatic heterocycles. The molecule has 1 unspecified atom stereocenters. The van der Waals surface area contributed by atoms with Gasteiger partial charge in [0.2, 0.25) is 0 Å².